The first-order chi connectivity index (χ1) is 14.4. The maximum absolute atomic E-state index is 13.9. The van der Waals surface area contributed by atoms with Crippen molar-refractivity contribution in [2.45, 2.75) is 44.7 Å². The van der Waals surface area contributed by atoms with Crippen LogP contribution >= 0.6 is 0 Å². The van der Waals surface area contributed by atoms with Gasteiger partial charge in [0.05, 0.1) is 6.20 Å². The van der Waals surface area contributed by atoms with Gasteiger partial charge < -0.3 is 15.6 Å². The first-order valence-electron chi connectivity index (χ1n) is 9.99. The van der Waals surface area contributed by atoms with Crippen molar-refractivity contribution in [3.8, 4) is 11.1 Å². The highest BCUT2D eigenvalue weighted by atomic mass is 19.1. The number of carbonyl (C=O) groups excluding carboxylic acids is 1. The quantitative estimate of drug-likeness (QED) is 0.471. The number of aromatic nitrogens is 5. The Morgan fingerprint density at radius 3 is 2.97 bits per heavy atom. The van der Waals surface area contributed by atoms with Gasteiger partial charge in [0.1, 0.15) is 11.3 Å². The molecule has 4 aromatic heterocycles. The van der Waals surface area contributed by atoms with Crippen LogP contribution < -0.4 is 10.6 Å². The molecule has 1 saturated carbocycles. The van der Waals surface area contributed by atoms with Crippen LogP contribution in [0.2, 0.25) is 0 Å². The number of aromatic amines is 1. The van der Waals surface area contributed by atoms with Gasteiger partial charge in [0.25, 0.3) is 0 Å². The molecular weight excluding hydrogens is 385 g/mol. The Morgan fingerprint density at radius 1 is 1.33 bits per heavy atom. The predicted molar refractivity (Wildman–Crippen MR) is 112 cm³/mol. The summed E-state index contributed by atoms with van der Waals surface area (Å²) >= 11 is 0. The first kappa shape index (κ1) is 18.5. The molecule has 30 heavy (non-hydrogen) atoms. The maximum atomic E-state index is 13.9. The van der Waals surface area contributed by atoms with Crippen LogP contribution in [0, 0.1) is 5.95 Å². The summed E-state index contributed by atoms with van der Waals surface area (Å²) in [6.07, 6.45) is 8.67. The second-order valence-electron chi connectivity index (χ2n) is 8.10. The lowest BCUT2D eigenvalue weighted by atomic mass is 9.74. The number of carbonyl (C=O) groups is 1. The molecule has 8 nitrogen and oxygen atoms in total. The molecule has 5 rings (SSSR count). The Bertz CT molecular complexity index is 1250. The van der Waals surface area contributed by atoms with Crippen LogP contribution in [0.25, 0.3) is 27.8 Å². The normalized spacial score (nSPS) is 21.0. The number of nitrogens with one attached hydrogen (secondary N) is 3. The summed E-state index contributed by atoms with van der Waals surface area (Å²) < 4.78 is 15.3. The largest absolute Gasteiger partial charge is 0.351 e. The van der Waals surface area contributed by atoms with Crippen molar-refractivity contribution in [2.24, 2.45) is 0 Å². The van der Waals surface area contributed by atoms with Crippen LogP contribution in [0.3, 0.4) is 0 Å². The van der Waals surface area contributed by atoms with Crippen molar-refractivity contribution in [3.63, 3.8) is 0 Å². The minimum absolute atomic E-state index is 0.0706. The molecule has 0 aromatic carbocycles. The van der Waals surface area contributed by atoms with E-state index in [1.165, 1.54) is 10.6 Å². The topological polar surface area (TPSA) is 100 Å². The van der Waals surface area contributed by atoms with E-state index in [0.717, 1.165) is 29.4 Å². The van der Waals surface area contributed by atoms with E-state index in [2.05, 4.69) is 37.5 Å². The Hall–Kier alpha value is -3.49. The number of pyridine rings is 1. The van der Waals surface area contributed by atoms with Gasteiger partial charge in [0.15, 0.2) is 0 Å². The van der Waals surface area contributed by atoms with Gasteiger partial charge in [-0.15, -0.1) is 0 Å². The van der Waals surface area contributed by atoms with Gasteiger partial charge in [-0.05, 0) is 31.9 Å². The van der Waals surface area contributed by atoms with E-state index < -0.39 is 5.95 Å². The van der Waals surface area contributed by atoms with E-state index in [0.29, 0.717) is 23.7 Å². The molecule has 0 bridgehead atoms. The molecule has 0 atom stereocenters. The van der Waals surface area contributed by atoms with Crippen molar-refractivity contribution < 1.29 is 9.18 Å². The molecule has 9 heteroatoms. The lowest BCUT2D eigenvalue weighted by molar-refractivity contribution is -0.123. The molecular formula is C21H22FN7O. The molecule has 1 aliphatic carbocycles. The summed E-state index contributed by atoms with van der Waals surface area (Å²) in [6.45, 7) is 3.91. The number of anilines is 1. The number of rotatable bonds is 5. The predicted octanol–water partition coefficient (Wildman–Crippen LogP) is 3.27. The molecule has 154 valence electrons. The van der Waals surface area contributed by atoms with Crippen LogP contribution in [0.4, 0.5) is 10.3 Å². The number of fused-ring (bicyclic) bond motifs is 2. The summed E-state index contributed by atoms with van der Waals surface area (Å²) in [7, 11) is 0. The lowest BCUT2D eigenvalue weighted by Crippen LogP contribution is -2.59. The monoisotopic (exact) mass is 407 g/mol. The van der Waals surface area contributed by atoms with Crippen molar-refractivity contribution in [1.29, 1.82) is 0 Å². The summed E-state index contributed by atoms with van der Waals surface area (Å²) in [5.74, 6) is 0.208. The number of H-pyrrole nitrogens is 1. The van der Waals surface area contributed by atoms with Crippen LogP contribution in [0.1, 0.15) is 33.1 Å². The average Bonchev–Trinajstić information content (AvgIpc) is 3.29. The van der Waals surface area contributed by atoms with Gasteiger partial charge in [-0.2, -0.15) is 9.37 Å². The zero-order chi connectivity index (χ0) is 20.9. The fourth-order valence-electron chi connectivity index (χ4n) is 4.17. The number of halogens is 1. The fourth-order valence-corrected chi connectivity index (χ4v) is 4.17. The van der Waals surface area contributed by atoms with Crippen LogP contribution in [0.5, 0.6) is 0 Å². The van der Waals surface area contributed by atoms with Gasteiger partial charge in [0.2, 0.25) is 17.8 Å². The summed E-state index contributed by atoms with van der Waals surface area (Å²) in [6, 6.07) is 3.89. The molecule has 3 N–H and O–H groups in total. The molecule has 1 aliphatic rings. The zero-order valence-corrected chi connectivity index (χ0v) is 16.7. The van der Waals surface area contributed by atoms with Crippen LogP contribution in [-0.4, -0.2) is 41.8 Å². The highest BCUT2D eigenvalue weighted by Gasteiger charge is 2.41. The summed E-state index contributed by atoms with van der Waals surface area (Å²) in [5.41, 5.74) is 2.83. The second kappa shape index (κ2) is 6.79. The van der Waals surface area contributed by atoms with Gasteiger partial charge in [-0.1, -0.05) is 6.92 Å². The van der Waals surface area contributed by atoms with Gasteiger partial charge in [-0.3, -0.25) is 9.20 Å². The Balaban J connectivity index is 1.34. The van der Waals surface area contributed by atoms with Crippen molar-refractivity contribution >= 4 is 28.5 Å². The Labute approximate surface area is 171 Å². The van der Waals surface area contributed by atoms with E-state index in [4.69, 9.17) is 0 Å². The Kier molecular flexibility index (Phi) is 4.19. The molecule has 0 spiro atoms. The summed E-state index contributed by atoms with van der Waals surface area (Å²) in [4.78, 5) is 27.9. The van der Waals surface area contributed by atoms with Crippen LogP contribution in [-0.2, 0) is 4.79 Å². The highest BCUT2D eigenvalue weighted by molar-refractivity contribution is 5.93. The summed E-state index contributed by atoms with van der Waals surface area (Å²) in [5, 5.41) is 7.26. The van der Waals surface area contributed by atoms with E-state index in [1.807, 2.05) is 19.2 Å². The third-order valence-corrected chi connectivity index (χ3v) is 5.69. The highest BCUT2D eigenvalue weighted by Crippen LogP contribution is 2.34. The molecule has 4 heterocycles. The molecule has 0 radical (unpaired) electrons. The van der Waals surface area contributed by atoms with Gasteiger partial charge >= 0.3 is 0 Å². The molecule has 0 saturated heterocycles. The third-order valence-electron chi connectivity index (χ3n) is 5.69. The maximum Gasteiger partial charge on any atom is 0.224 e. The number of hydrogen-bond donors (Lipinski definition) is 3. The number of amides is 1. The second-order valence-corrected chi connectivity index (χ2v) is 8.10. The molecule has 1 fully saturated rings. The van der Waals surface area contributed by atoms with E-state index in [-0.39, 0.29) is 17.5 Å². The molecule has 4 aromatic rings. The first-order valence-corrected chi connectivity index (χ1v) is 9.99. The van der Waals surface area contributed by atoms with Crippen molar-refractivity contribution in [1.82, 2.24) is 29.7 Å². The van der Waals surface area contributed by atoms with Crippen molar-refractivity contribution in [3.05, 3.63) is 42.9 Å². The third kappa shape index (κ3) is 3.16. The molecule has 1 amide bonds. The minimum atomic E-state index is -0.406. The lowest BCUT2D eigenvalue weighted by Gasteiger charge is -2.45. The standard InChI is InChI=1S/C21H22FN7O/c1-3-18(30)28-21(2)6-13(7-21)26-20-25-9-15-14(8-24-19(15)27-20)12-4-5-17-23-10-16(22)29(17)11-12/h4-5,8-11,13H,3,6-7H2,1-2H3,(H,28,30)(H2,24,25,26,27). The van der Waals surface area contributed by atoms with E-state index in [9.17, 15) is 9.18 Å². The number of nitrogens with zero attached hydrogens (tertiary/aromatic N) is 4. The fraction of sp³-hybridized carbons (Fsp3) is 0.333. The Morgan fingerprint density at radius 2 is 2.17 bits per heavy atom. The number of imidazole rings is 1. The van der Waals surface area contributed by atoms with Gasteiger partial charge in [-0.25, -0.2) is 9.97 Å². The minimum Gasteiger partial charge on any atom is -0.351 e. The number of hydrogen-bond acceptors (Lipinski definition) is 5. The zero-order valence-electron chi connectivity index (χ0n) is 16.7. The average molecular weight is 407 g/mol. The smallest absolute Gasteiger partial charge is 0.224 e. The SMILES string of the molecule is CCC(=O)NC1(C)CC(Nc2ncc3c(-c4ccc5ncc(F)n5c4)c[nH]c3n2)C1. The van der Waals surface area contributed by atoms with Gasteiger partial charge in [0, 0.05) is 53.1 Å². The molecule has 0 unspecified atom stereocenters. The van der Waals surface area contributed by atoms with Crippen molar-refractivity contribution in [2.75, 3.05) is 5.32 Å². The van der Waals surface area contributed by atoms with E-state index >= 15 is 0 Å². The van der Waals surface area contributed by atoms with E-state index in [1.54, 1.807) is 18.5 Å². The van der Waals surface area contributed by atoms with Crippen LogP contribution in [0.15, 0.2) is 36.9 Å². The molecule has 0 aliphatic heterocycles.